The molecule has 0 spiro atoms. The van der Waals surface area contributed by atoms with Gasteiger partial charge in [-0.25, -0.2) is 0 Å². The molecule has 0 aromatic rings. The van der Waals surface area contributed by atoms with Gasteiger partial charge in [-0.1, -0.05) is 13.8 Å². The van der Waals surface area contributed by atoms with Crippen molar-refractivity contribution < 1.29 is 9.53 Å². The van der Waals surface area contributed by atoms with E-state index in [9.17, 15) is 4.79 Å². The standard InChI is InChI=1S/C5H12N2O.C3H6O.C2H6/c1-4(6-2)5(8)7-3;1-2-4-3-1;1-2/h4,6H,1-3H3,(H,7,8);1-3H2;1-2H3. The van der Waals surface area contributed by atoms with Gasteiger partial charge in [0, 0.05) is 20.3 Å². The molecule has 1 rings (SSSR count). The molecule has 1 heterocycles. The van der Waals surface area contributed by atoms with E-state index in [1.807, 2.05) is 13.8 Å². The van der Waals surface area contributed by atoms with Crippen molar-refractivity contribution in [2.45, 2.75) is 33.2 Å². The predicted octanol–water partition coefficient (Wildman–Crippen LogP) is 0.773. The summed E-state index contributed by atoms with van der Waals surface area (Å²) in [5.74, 6) is 0.0208. The van der Waals surface area contributed by atoms with E-state index in [0.29, 0.717) is 0 Å². The van der Waals surface area contributed by atoms with Crippen LogP contribution >= 0.6 is 0 Å². The fourth-order valence-electron chi connectivity index (χ4n) is 0.492. The summed E-state index contributed by atoms with van der Waals surface area (Å²) in [7, 11) is 3.37. The van der Waals surface area contributed by atoms with Gasteiger partial charge in [0.1, 0.15) is 0 Å². The first-order chi connectivity index (χ1) is 6.72. The summed E-state index contributed by atoms with van der Waals surface area (Å²) < 4.78 is 4.72. The summed E-state index contributed by atoms with van der Waals surface area (Å²) >= 11 is 0. The molecule has 0 bridgehead atoms. The normalized spacial score (nSPS) is 14.6. The van der Waals surface area contributed by atoms with Crippen molar-refractivity contribution in [3.63, 3.8) is 0 Å². The van der Waals surface area contributed by atoms with E-state index in [-0.39, 0.29) is 11.9 Å². The van der Waals surface area contributed by atoms with Crippen LogP contribution in [0.5, 0.6) is 0 Å². The molecule has 0 aliphatic carbocycles. The van der Waals surface area contributed by atoms with Crippen molar-refractivity contribution in [2.75, 3.05) is 27.3 Å². The fraction of sp³-hybridized carbons (Fsp3) is 0.900. The Labute approximate surface area is 87.4 Å². The van der Waals surface area contributed by atoms with Crippen LogP contribution in [0.4, 0.5) is 0 Å². The zero-order valence-electron chi connectivity index (χ0n) is 10.0. The highest BCUT2D eigenvalue weighted by atomic mass is 16.5. The second kappa shape index (κ2) is 12.4. The minimum Gasteiger partial charge on any atom is -0.381 e. The quantitative estimate of drug-likeness (QED) is 0.698. The number of ether oxygens (including phenoxy) is 1. The van der Waals surface area contributed by atoms with E-state index in [1.165, 1.54) is 6.42 Å². The molecule has 14 heavy (non-hydrogen) atoms. The van der Waals surface area contributed by atoms with E-state index < -0.39 is 0 Å². The van der Waals surface area contributed by atoms with Gasteiger partial charge in [-0.3, -0.25) is 4.79 Å². The second-order valence-corrected chi connectivity index (χ2v) is 2.59. The average molecular weight is 204 g/mol. The Hall–Kier alpha value is -0.610. The molecule has 1 aliphatic rings. The summed E-state index contributed by atoms with van der Waals surface area (Å²) in [6, 6.07) is -0.0833. The fourth-order valence-corrected chi connectivity index (χ4v) is 0.492. The van der Waals surface area contributed by atoms with Crippen molar-refractivity contribution in [3.8, 4) is 0 Å². The summed E-state index contributed by atoms with van der Waals surface area (Å²) in [5, 5.41) is 5.32. The van der Waals surface area contributed by atoms with Crippen LogP contribution in [0.25, 0.3) is 0 Å². The highest BCUT2D eigenvalue weighted by Crippen LogP contribution is 1.93. The largest absolute Gasteiger partial charge is 0.381 e. The predicted molar refractivity (Wildman–Crippen MR) is 59.4 cm³/mol. The molecular formula is C10H24N2O2. The maximum atomic E-state index is 10.6. The number of carbonyl (C=O) groups excluding carboxylic acids is 1. The van der Waals surface area contributed by atoms with Gasteiger partial charge in [0.2, 0.25) is 5.91 Å². The molecule has 0 radical (unpaired) electrons. The van der Waals surface area contributed by atoms with Crippen LogP contribution in [0.15, 0.2) is 0 Å². The van der Waals surface area contributed by atoms with Gasteiger partial charge in [0.25, 0.3) is 0 Å². The van der Waals surface area contributed by atoms with E-state index in [1.54, 1.807) is 21.0 Å². The number of likely N-dealkylation sites (N-methyl/N-ethyl adjacent to an activating group) is 2. The Morgan fingerprint density at radius 3 is 1.71 bits per heavy atom. The van der Waals surface area contributed by atoms with Crippen LogP contribution in [0.2, 0.25) is 0 Å². The smallest absolute Gasteiger partial charge is 0.236 e. The topological polar surface area (TPSA) is 50.4 Å². The molecule has 1 fully saturated rings. The maximum Gasteiger partial charge on any atom is 0.236 e. The second-order valence-electron chi connectivity index (χ2n) is 2.59. The molecular weight excluding hydrogens is 180 g/mol. The third-order valence-electron chi connectivity index (χ3n) is 1.65. The molecule has 0 saturated carbocycles. The van der Waals surface area contributed by atoms with Gasteiger partial charge in [-0.2, -0.15) is 0 Å². The average Bonchev–Trinajstić information content (AvgIpc) is 2.16. The van der Waals surface area contributed by atoms with Gasteiger partial charge in [-0.15, -0.1) is 0 Å². The van der Waals surface area contributed by atoms with Gasteiger partial charge >= 0.3 is 0 Å². The number of carbonyl (C=O) groups is 1. The Bertz CT molecular complexity index is 121. The summed E-state index contributed by atoms with van der Waals surface area (Å²) in [4.78, 5) is 10.6. The number of amides is 1. The van der Waals surface area contributed by atoms with Crippen LogP contribution in [0.3, 0.4) is 0 Å². The highest BCUT2D eigenvalue weighted by molar-refractivity contribution is 5.80. The molecule has 4 heteroatoms. The van der Waals surface area contributed by atoms with Gasteiger partial charge in [-0.05, 0) is 20.4 Å². The van der Waals surface area contributed by atoms with E-state index in [2.05, 4.69) is 10.6 Å². The minimum absolute atomic E-state index is 0.0208. The van der Waals surface area contributed by atoms with Crippen LogP contribution < -0.4 is 10.6 Å². The first kappa shape index (κ1) is 15.8. The van der Waals surface area contributed by atoms with Crippen molar-refractivity contribution in [3.05, 3.63) is 0 Å². The maximum absolute atomic E-state index is 10.6. The van der Waals surface area contributed by atoms with Crippen LogP contribution in [-0.2, 0) is 9.53 Å². The summed E-state index contributed by atoms with van der Waals surface area (Å²) in [6.45, 7) is 7.80. The SMILES string of the molecule is C1COC1.CC.CNC(=O)C(C)NC. The molecule has 1 atom stereocenters. The third-order valence-corrected chi connectivity index (χ3v) is 1.65. The number of hydrogen-bond donors (Lipinski definition) is 2. The molecule has 1 unspecified atom stereocenters. The lowest BCUT2D eigenvalue weighted by Gasteiger charge is -2.09. The van der Waals surface area contributed by atoms with E-state index in [4.69, 9.17) is 4.74 Å². The number of hydrogen-bond acceptors (Lipinski definition) is 3. The lowest BCUT2D eigenvalue weighted by Crippen LogP contribution is -2.38. The Kier molecular flexibility index (Phi) is 14.0. The van der Waals surface area contributed by atoms with E-state index in [0.717, 1.165) is 13.2 Å². The van der Waals surface area contributed by atoms with E-state index >= 15 is 0 Å². The number of rotatable bonds is 2. The van der Waals surface area contributed by atoms with Gasteiger partial charge in [0.15, 0.2) is 0 Å². The first-order valence-corrected chi connectivity index (χ1v) is 5.19. The lowest BCUT2D eigenvalue weighted by atomic mass is 10.3. The van der Waals surface area contributed by atoms with Crippen LogP contribution in [0.1, 0.15) is 27.2 Å². The minimum atomic E-state index is -0.0833. The van der Waals surface area contributed by atoms with Crippen LogP contribution in [0, 0.1) is 0 Å². The Morgan fingerprint density at radius 2 is 1.64 bits per heavy atom. The molecule has 4 nitrogen and oxygen atoms in total. The summed E-state index contributed by atoms with van der Waals surface area (Å²) in [6.07, 6.45) is 1.28. The highest BCUT2D eigenvalue weighted by Gasteiger charge is 2.04. The molecule has 1 saturated heterocycles. The van der Waals surface area contributed by atoms with Crippen molar-refractivity contribution in [1.29, 1.82) is 0 Å². The molecule has 2 N–H and O–H groups in total. The van der Waals surface area contributed by atoms with Gasteiger partial charge < -0.3 is 15.4 Å². The first-order valence-electron chi connectivity index (χ1n) is 5.19. The molecule has 1 amide bonds. The molecule has 1 aliphatic heterocycles. The number of nitrogens with one attached hydrogen (secondary N) is 2. The lowest BCUT2D eigenvalue weighted by molar-refractivity contribution is -0.122. The Morgan fingerprint density at radius 1 is 1.29 bits per heavy atom. The molecule has 0 aromatic carbocycles. The Balaban J connectivity index is 0. The van der Waals surface area contributed by atoms with Crippen molar-refractivity contribution in [1.82, 2.24) is 10.6 Å². The van der Waals surface area contributed by atoms with Crippen molar-refractivity contribution in [2.24, 2.45) is 0 Å². The monoisotopic (exact) mass is 204 g/mol. The van der Waals surface area contributed by atoms with Crippen molar-refractivity contribution >= 4 is 5.91 Å². The third kappa shape index (κ3) is 9.48. The zero-order chi connectivity index (χ0) is 11.4. The zero-order valence-corrected chi connectivity index (χ0v) is 10.0. The molecule has 0 aromatic heterocycles. The molecule has 86 valence electrons. The van der Waals surface area contributed by atoms with Crippen LogP contribution in [-0.4, -0.2) is 39.3 Å². The summed E-state index contributed by atoms with van der Waals surface area (Å²) in [5.41, 5.74) is 0. The van der Waals surface area contributed by atoms with Gasteiger partial charge in [0.05, 0.1) is 6.04 Å².